The Hall–Kier alpha value is -0.740. The van der Waals surface area contributed by atoms with Crippen molar-refractivity contribution in [1.82, 2.24) is 5.32 Å². The molecule has 2 aromatic carbocycles. The first-order chi connectivity index (χ1) is 10.1. The summed E-state index contributed by atoms with van der Waals surface area (Å²) in [4.78, 5) is 0. The Bertz CT molecular complexity index is 613. The maximum Gasteiger partial charge on any atom is 0.124 e. The van der Waals surface area contributed by atoms with Crippen LogP contribution in [0.5, 0.6) is 5.75 Å². The van der Waals surface area contributed by atoms with Crippen LogP contribution in [0.2, 0.25) is 10.0 Å². The first-order valence-electron chi connectivity index (χ1n) is 6.50. The molecule has 0 amide bonds. The van der Waals surface area contributed by atoms with Crippen molar-refractivity contribution in [2.24, 2.45) is 0 Å². The predicted molar refractivity (Wildman–Crippen MR) is 92.7 cm³/mol. The summed E-state index contributed by atoms with van der Waals surface area (Å²) in [7, 11) is 3.58. The Morgan fingerprint density at radius 1 is 1.19 bits per heavy atom. The van der Waals surface area contributed by atoms with Crippen LogP contribution in [0, 0.1) is 0 Å². The van der Waals surface area contributed by atoms with Gasteiger partial charge in [0.15, 0.2) is 0 Å². The van der Waals surface area contributed by atoms with Gasteiger partial charge in [0.25, 0.3) is 0 Å². The maximum atomic E-state index is 6.27. The molecule has 2 nitrogen and oxygen atoms in total. The summed E-state index contributed by atoms with van der Waals surface area (Å²) in [5.74, 6) is 0.826. The van der Waals surface area contributed by atoms with Crippen LogP contribution >= 0.6 is 39.1 Å². The molecule has 0 saturated carbocycles. The Kier molecular flexibility index (Phi) is 5.94. The third-order valence-corrected chi connectivity index (χ3v) is 4.59. The van der Waals surface area contributed by atoms with Crippen LogP contribution in [0.3, 0.4) is 0 Å². The van der Waals surface area contributed by atoms with E-state index in [1.807, 2.05) is 43.4 Å². The lowest BCUT2D eigenvalue weighted by Crippen LogP contribution is -2.20. The number of likely N-dealkylation sites (N-methyl/N-ethyl adjacent to an activating group) is 1. The molecule has 0 fully saturated rings. The van der Waals surface area contributed by atoms with E-state index in [9.17, 15) is 0 Å². The van der Waals surface area contributed by atoms with E-state index in [4.69, 9.17) is 27.9 Å². The van der Waals surface area contributed by atoms with Gasteiger partial charge in [0.05, 0.1) is 7.11 Å². The largest absolute Gasteiger partial charge is 0.496 e. The number of hydrogen-bond donors (Lipinski definition) is 1. The van der Waals surface area contributed by atoms with Crippen LogP contribution in [0.4, 0.5) is 0 Å². The average molecular weight is 389 g/mol. The Morgan fingerprint density at radius 3 is 2.43 bits per heavy atom. The number of methoxy groups -OCH3 is 1. The fraction of sp³-hybridized carbons (Fsp3) is 0.250. The summed E-state index contributed by atoms with van der Waals surface area (Å²) < 4.78 is 6.45. The van der Waals surface area contributed by atoms with Gasteiger partial charge in [-0.1, -0.05) is 51.3 Å². The molecule has 0 heterocycles. The molecule has 112 valence electrons. The zero-order valence-electron chi connectivity index (χ0n) is 11.8. The number of rotatable bonds is 5. The minimum Gasteiger partial charge on any atom is -0.496 e. The van der Waals surface area contributed by atoms with Gasteiger partial charge < -0.3 is 10.1 Å². The minimum absolute atomic E-state index is 0.0606. The molecule has 0 aliphatic rings. The molecule has 2 aromatic rings. The van der Waals surface area contributed by atoms with Crippen LogP contribution in [0.15, 0.2) is 40.9 Å². The lowest BCUT2D eigenvalue weighted by molar-refractivity contribution is 0.401. The van der Waals surface area contributed by atoms with Gasteiger partial charge in [0.1, 0.15) is 5.75 Å². The summed E-state index contributed by atoms with van der Waals surface area (Å²) in [6.07, 6.45) is 0.687. The van der Waals surface area contributed by atoms with Gasteiger partial charge in [-0.15, -0.1) is 0 Å². The zero-order chi connectivity index (χ0) is 15.4. The third-order valence-electron chi connectivity index (χ3n) is 3.39. The standard InChI is InChI=1S/C16H16BrCl2NO/c1-20-15(9-12-13(18)4-3-5-14(12)19)11-7-6-10(17)8-16(11)21-2/h3-8,15,20H,9H2,1-2H3. The van der Waals surface area contributed by atoms with E-state index >= 15 is 0 Å². The quantitative estimate of drug-likeness (QED) is 0.753. The molecule has 0 aliphatic carbocycles. The molecule has 5 heteroatoms. The molecule has 0 bridgehead atoms. The highest BCUT2D eigenvalue weighted by Crippen LogP contribution is 2.33. The van der Waals surface area contributed by atoms with Crippen LogP contribution in [0.1, 0.15) is 17.2 Å². The van der Waals surface area contributed by atoms with E-state index in [0.717, 1.165) is 21.3 Å². The minimum atomic E-state index is 0.0606. The first kappa shape index (κ1) is 16.6. The Labute approximate surface area is 143 Å². The highest BCUT2D eigenvalue weighted by atomic mass is 79.9. The molecule has 0 spiro atoms. The SMILES string of the molecule is CNC(Cc1c(Cl)cccc1Cl)c1ccc(Br)cc1OC. The monoisotopic (exact) mass is 387 g/mol. The van der Waals surface area contributed by atoms with Gasteiger partial charge in [0, 0.05) is 26.1 Å². The molecule has 1 atom stereocenters. The van der Waals surface area contributed by atoms with Crippen molar-refractivity contribution in [1.29, 1.82) is 0 Å². The average Bonchev–Trinajstić information content (AvgIpc) is 2.47. The second-order valence-electron chi connectivity index (χ2n) is 4.63. The van der Waals surface area contributed by atoms with Crippen molar-refractivity contribution in [3.8, 4) is 5.75 Å². The van der Waals surface area contributed by atoms with E-state index < -0.39 is 0 Å². The number of hydrogen-bond acceptors (Lipinski definition) is 2. The van der Waals surface area contributed by atoms with E-state index in [1.165, 1.54) is 0 Å². The number of nitrogens with one attached hydrogen (secondary N) is 1. The summed E-state index contributed by atoms with van der Waals surface area (Å²) in [6, 6.07) is 11.6. The van der Waals surface area contributed by atoms with Crippen molar-refractivity contribution < 1.29 is 4.74 Å². The van der Waals surface area contributed by atoms with E-state index in [2.05, 4.69) is 21.2 Å². The summed E-state index contributed by atoms with van der Waals surface area (Å²) in [5, 5.41) is 4.66. The van der Waals surface area contributed by atoms with Crippen LogP contribution in [-0.4, -0.2) is 14.2 Å². The van der Waals surface area contributed by atoms with Crippen molar-refractivity contribution in [3.05, 3.63) is 62.0 Å². The van der Waals surface area contributed by atoms with Crippen LogP contribution in [-0.2, 0) is 6.42 Å². The number of benzene rings is 2. The molecular formula is C16H16BrCl2NO. The van der Waals surface area contributed by atoms with E-state index in [-0.39, 0.29) is 6.04 Å². The van der Waals surface area contributed by atoms with Crippen LogP contribution < -0.4 is 10.1 Å². The van der Waals surface area contributed by atoms with E-state index in [1.54, 1.807) is 7.11 Å². The second kappa shape index (κ2) is 7.50. The van der Waals surface area contributed by atoms with Crippen molar-refractivity contribution in [2.45, 2.75) is 12.5 Å². The molecule has 0 radical (unpaired) electrons. The topological polar surface area (TPSA) is 21.3 Å². The molecule has 0 saturated heterocycles. The first-order valence-corrected chi connectivity index (χ1v) is 8.05. The van der Waals surface area contributed by atoms with E-state index in [0.29, 0.717) is 16.5 Å². The highest BCUT2D eigenvalue weighted by molar-refractivity contribution is 9.10. The van der Waals surface area contributed by atoms with Gasteiger partial charge in [-0.25, -0.2) is 0 Å². The molecule has 0 aliphatic heterocycles. The van der Waals surface area contributed by atoms with Crippen molar-refractivity contribution in [2.75, 3.05) is 14.2 Å². The van der Waals surface area contributed by atoms with Gasteiger partial charge >= 0.3 is 0 Å². The number of halogens is 3. The molecule has 2 rings (SSSR count). The second-order valence-corrected chi connectivity index (χ2v) is 6.36. The highest BCUT2D eigenvalue weighted by Gasteiger charge is 2.18. The summed E-state index contributed by atoms with van der Waals surface area (Å²) >= 11 is 16.0. The lowest BCUT2D eigenvalue weighted by Gasteiger charge is -2.21. The van der Waals surface area contributed by atoms with Crippen LogP contribution in [0.25, 0.3) is 0 Å². The summed E-state index contributed by atoms with van der Waals surface area (Å²) in [5.41, 5.74) is 2.00. The molecule has 0 aromatic heterocycles. The maximum absolute atomic E-state index is 6.27. The normalized spacial score (nSPS) is 12.2. The summed E-state index contributed by atoms with van der Waals surface area (Å²) in [6.45, 7) is 0. The van der Waals surface area contributed by atoms with Gasteiger partial charge in [-0.3, -0.25) is 0 Å². The van der Waals surface area contributed by atoms with Gasteiger partial charge in [-0.2, -0.15) is 0 Å². The van der Waals surface area contributed by atoms with Crippen molar-refractivity contribution in [3.63, 3.8) is 0 Å². The molecule has 21 heavy (non-hydrogen) atoms. The predicted octanol–water partition coefficient (Wildman–Crippen LogP) is 5.27. The Balaban J connectivity index is 2.37. The van der Waals surface area contributed by atoms with Gasteiger partial charge in [-0.05, 0) is 43.3 Å². The lowest BCUT2D eigenvalue weighted by atomic mass is 9.98. The fourth-order valence-electron chi connectivity index (χ4n) is 2.27. The fourth-order valence-corrected chi connectivity index (χ4v) is 3.16. The molecule has 1 unspecified atom stereocenters. The third kappa shape index (κ3) is 3.92. The zero-order valence-corrected chi connectivity index (χ0v) is 14.9. The molecular weight excluding hydrogens is 373 g/mol. The molecule has 1 N–H and O–H groups in total. The van der Waals surface area contributed by atoms with Crippen molar-refractivity contribution >= 4 is 39.1 Å². The Morgan fingerprint density at radius 2 is 1.86 bits per heavy atom. The smallest absolute Gasteiger partial charge is 0.124 e. The van der Waals surface area contributed by atoms with Gasteiger partial charge in [0.2, 0.25) is 0 Å². The number of ether oxygens (including phenoxy) is 1.